The third-order valence-electron chi connectivity index (χ3n) is 23.7. The van der Waals surface area contributed by atoms with E-state index in [0.29, 0.717) is 69.9 Å². The SMILES string of the molecule is CCCCC1C(=O)N(C)C(CCCC)C(=O)NC(CCCNC(=N)N)C(=O)NC(C(=O)NCC(N)=O)CSCC(=O)NC(Cc2ccccc2)C(=O)N(C)C(C)C(=O)NC(CC(N)=O)C(=O)N2CCCC2(C)C(=O)NC(Cc2cnc[nH]2)C(=O)NC(CC(C)C)C(=O)N(C)CC(=O)NC(Cc2c[nH]c3ccccc23)C(=O)NC(CO)C(=O)NC(Cc2c[nH]c3ccccc23)C(=O)N1C. The van der Waals surface area contributed by atoms with E-state index in [-0.39, 0.29) is 89.6 Å². The third-order valence-corrected chi connectivity index (χ3v) is 24.7. The zero-order chi connectivity index (χ0) is 97.5. The van der Waals surface area contributed by atoms with Gasteiger partial charge in [-0.25, -0.2) is 4.98 Å². The molecular weight excluding hydrogens is 1740 g/mol. The van der Waals surface area contributed by atoms with E-state index in [4.69, 9.17) is 22.6 Å². The second kappa shape index (κ2) is 50.2. The van der Waals surface area contributed by atoms with Gasteiger partial charge in [0.2, 0.25) is 100 Å². The predicted octanol–water partition coefficient (Wildman–Crippen LogP) is -1.75. The topological polar surface area (TPSA) is 621 Å². The van der Waals surface area contributed by atoms with Crippen LogP contribution in [0.5, 0.6) is 0 Å². The number of amides is 17. The molecule has 43 heteroatoms. The highest BCUT2D eigenvalue weighted by Crippen LogP contribution is 2.32. The number of rotatable bonds is 26. The number of primary amides is 2. The van der Waals surface area contributed by atoms with Crippen molar-refractivity contribution in [2.24, 2.45) is 23.1 Å². The van der Waals surface area contributed by atoms with Crippen molar-refractivity contribution in [3.05, 3.63) is 126 Å². The maximum Gasteiger partial charge on any atom is 0.246 e. The Labute approximate surface area is 775 Å². The molecule has 6 aromatic rings. The maximum absolute atomic E-state index is 15.7. The molecule has 8 rings (SSSR count). The van der Waals surface area contributed by atoms with Crippen LogP contribution in [0.1, 0.15) is 141 Å². The Morgan fingerprint density at radius 1 is 0.556 bits per heavy atom. The zero-order valence-corrected chi connectivity index (χ0v) is 77.6. The average Bonchev–Trinajstić information content (AvgIpc) is 1.64. The highest BCUT2D eigenvalue weighted by Gasteiger charge is 2.50. The van der Waals surface area contributed by atoms with Gasteiger partial charge >= 0.3 is 0 Å². The molecule has 0 aliphatic carbocycles. The summed E-state index contributed by atoms with van der Waals surface area (Å²) in [5.41, 5.74) is 18.3. The molecule has 22 N–H and O–H groups in total. The second-order valence-electron chi connectivity index (χ2n) is 34.3. The second-order valence-corrected chi connectivity index (χ2v) is 35.3. The number of nitrogens with zero attached hydrogens (tertiary/aromatic N) is 6. The van der Waals surface area contributed by atoms with E-state index in [1.165, 1.54) is 54.6 Å². The molecule has 13 atom stereocenters. The molecule has 3 aromatic heterocycles. The number of para-hydroxylation sites is 2. The summed E-state index contributed by atoms with van der Waals surface area (Å²) in [6.45, 7) is 7.32. The number of carbonyl (C=O) groups is 17. The first-order chi connectivity index (χ1) is 63.3. The molecule has 0 saturated carbocycles. The minimum atomic E-state index is -1.85. The van der Waals surface area contributed by atoms with Gasteiger partial charge in [0.25, 0.3) is 0 Å². The summed E-state index contributed by atoms with van der Waals surface area (Å²) in [6, 6.07) is 4.17. The van der Waals surface area contributed by atoms with Crippen molar-refractivity contribution in [2.75, 3.05) is 72.5 Å². The van der Waals surface area contributed by atoms with Crippen LogP contribution in [0, 0.1) is 11.3 Å². The average molecular weight is 1870 g/mol. The van der Waals surface area contributed by atoms with Crippen LogP contribution in [0.3, 0.4) is 0 Å². The first-order valence-electron chi connectivity index (χ1n) is 44.6. The van der Waals surface area contributed by atoms with Crippen molar-refractivity contribution < 1.29 is 86.6 Å². The van der Waals surface area contributed by atoms with E-state index < -0.39 is 222 Å². The number of aliphatic hydroxyl groups excluding tert-OH is 1. The van der Waals surface area contributed by atoms with Crippen LogP contribution in [-0.4, -0.2) is 306 Å². The Balaban J connectivity index is 1.19. The minimum absolute atomic E-state index is 0.000674. The standard InChI is InChI=1S/C90H128N24O18S/c1-11-13-31-70-82(126)103-61(30-22-34-96-89(93)94)78(122)108-69(77(121)99-45-73(92)117)48-133-49-75(119)102-65(37-53-24-16-15-17-25-53)84(128)111(8)52(5)76(120)104-67(41-72(91)116)86(130)114-35-23-33-90(114,6)88(132)109-63(40-56-44-95-50-100-56)80(124)105-64(36-51(3)4)83(127)110(7)46-74(118)101-62(38-54-42-97-59-28-20-18-26-57(54)59)79(123)107-68(47-115)81(125)106-66(39-55-43-98-60-29-21-19-27-58(55)60)85(129)113(10)71(32-14-12-2)87(131)112(70)9/h15-21,24-29,42-44,50-52,61-71,97-98,115H,11-14,22-23,30-41,45-49H2,1-10H3,(H2,91,116)(H2,92,117)(H,95,100)(H,99,121)(H,101,118)(H,102,119)(H,103,126)(H,104,120)(H,105,124)(H,106,125)(H,107,123)(H,108,122)(H,109,132)(H4,93,94,96). The number of aliphatic hydroxyl groups is 1. The number of fused-ring (bicyclic) bond motifs is 3. The van der Waals surface area contributed by atoms with Crippen LogP contribution in [0.4, 0.5) is 0 Å². The normalized spacial score (nSPS) is 24.0. The van der Waals surface area contributed by atoms with Crippen molar-refractivity contribution in [2.45, 2.75) is 222 Å². The van der Waals surface area contributed by atoms with Crippen LogP contribution in [0.2, 0.25) is 0 Å². The number of H-pyrrole nitrogens is 3. The van der Waals surface area contributed by atoms with Gasteiger partial charge in [0.1, 0.15) is 78.0 Å². The molecule has 13 unspecified atom stereocenters. The number of carbonyl (C=O) groups excluding carboxylic acids is 17. The molecule has 2 aliphatic rings. The van der Waals surface area contributed by atoms with Gasteiger partial charge in [-0.1, -0.05) is 120 Å². The van der Waals surface area contributed by atoms with Crippen molar-refractivity contribution in [3.63, 3.8) is 0 Å². The fraction of sp³-hybridized carbons (Fsp3) is 0.522. The van der Waals surface area contributed by atoms with Crippen LogP contribution in [-0.2, 0) is 107 Å². The molecular formula is C90H128N24O18S. The molecule has 3 aromatic carbocycles. The number of imidazole rings is 1. The number of hydrogen-bond donors (Lipinski definition) is 19. The molecule has 2 aliphatic heterocycles. The van der Waals surface area contributed by atoms with Crippen LogP contribution in [0.15, 0.2) is 104 Å². The number of benzene rings is 3. The Morgan fingerprint density at radius 3 is 1.69 bits per heavy atom. The molecule has 2 saturated heterocycles. The number of thioether (sulfide) groups is 1. The van der Waals surface area contributed by atoms with Crippen molar-refractivity contribution in [1.82, 2.24) is 103 Å². The fourth-order valence-corrected chi connectivity index (χ4v) is 16.9. The van der Waals surface area contributed by atoms with Crippen LogP contribution < -0.4 is 75.7 Å². The van der Waals surface area contributed by atoms with E-state index in [1.807, 2.05) is 13.8 Å². The van der Waals surface area contributed by atoms with Gasteiger partial charge in [-0.2, -0.15) is 0 Å². The number of hydrogen-bond acceptors (Lipinski definition) is 21. The summed E-state index contributed by atoms with van der Waals surface area (Å²) >= 11 is 0.795. The van der Waals surface area contributed by atoms with Crippen molar-refractivity contribution in [1.29, 1.82) is 5.41 Å². The number of guanidine groups is 1. The summed E-state index contributed by atoms with van der Waals surface area (Å²) in [7, 11) is 5.25. The maximum atomic E-state index is 15.7. The number of aromatic nitrogens is 4. The van der Waals surface area contributed by atoms with Gasteiger partial charge in [-0.3, -0.25) is 86.9 Å². The smallest absolute Gasteiger partial charge is 0.246 e. The highest BCUT2D eigenvalue weighted by atomic mass is 32.2. The Hall–Kier alpha value is -13.5. The summed E-state index contributed by atoms with van der Waals surface area (Å²) in [4.78, 5) is 268. The molecule has 17 amide bonds. The first-order valence-corrected chi connectivity index (χ1v) is 45.7. The van der Waals surface area contributed by atoms with Gasteiger partial charge in [0.05, 0.1) is 38.2 Å². The van der Waals surface area contributed by atoms with Gasteiger partial charge < -0.3 is 120 Å². The lowest BCUT2D eigenvalue weighted by atomic mass is 9.95. The Morgan fingerprint density at radius 2 is 1.10 bits per heavy atom. The molecule has 133 heavy (non-hydrogen) atoms. The number of aromatic amines is 3. The van der Waals surface area contributed by atoms with E-state index in [0.717, 1.165) is 36.3 Å². The largest absolute Gasteiger partial charge is 0.394 e. The lowest BCUT2D eigenvalue weighted by Crippen LogP contribution is -2.64. The monoisotopic (exact) mass is 1860 g/mol. The minimum Gasteiger partial charge on any atom is -0.394 e. The summed E-state index contributed by atoms with van der Waals surface area (Å²) < 4.78 is 0. The van der Waals surface area contributed by atoms with E-state index in [9.17, 15) is 48.3 Å². The van der Waals surface area contributed by atoms with Gasteiger partial charge in [0.15, 0.2) is 5.96 Å². The van der Waals surface area contributed by atoms with Gasteiger partial charge in [-0.05, 0) is 93.5 Å². The summed E-state index contributed by atoms with van der Waals surface area (Å²) in [5.74, 6) is -17.2. The molecule has 722 valence electrons. The number of nitrogens with two attached hydrogens (primary N) is 3. The van der Waals surface area contributed by atoms with Gasteiger partial charge in [0, 0.05) is 119 Å². The van der Waals surface area contributed by atoms with E-state index in [2.05, 4.69) is 78.4 Å². The summed E-state index contributed by atoms with van der Waals surface area (Å²) in [6.07, 6.45) is 5.92. The van der Waals surface area contributed by atoms with E-state index >= 15 is 38.4 Å². The Bertz CT molecular complexity index is 5110. The molecule has 0 bridgehead atoms. The molecule has 42 nitrogen and oxygen atoms in total. The quantitative estimate of drug-likeness (QED) is 0.0163. The fourth-order valence-electron chi connectivity index (χ4n) is 16.1. The van der Waals surface area contributed by atoms with Crippen LogP contribution in [0.25, 0.3) is 21.8 Å². The van der Waals surface area contributed by atoms with Gasteiger partial charge in [-0.15, -0.1) is 11.8 Å². The lowest BCUT2D eigenvalue weighted by Gasteiger charge is -2.37. The van der Waals surface area contributed by atoms with Crippen molar-refractivity contribution in [3.8, 4) is 0 Å². The molecule has 5 heterocycles. The molecule has 2 fully saturated rings. The zero-order valence-electron chi connectivity index (χ0n) is 76.8. The van der Waals surface area contributed by atoms with E-state index in [1.54, 1.807) is 105 Å². The number of nitrogens with one attached hydrogen (secondary N) is 15. The number of unbranched alkanes of at least 4 members (excludes halogenated alkanes) is 2. The van der Waals surface area contributed by atoms with Crippen molar-refractivity contribution >= 4 is 140 Å². The lowest BCUT2D eigenvalue weighted by molar-refractivity contribution is -0.149. The summed E-state index contributed by atoms with van der Waals surface area (Å²) in [5, 5.41) is 49.5. The Kier molecular flexibility index (Phi) is 39.6. The molecule has 0 radical (unpaired) electrons. The predicted molar refractivity (Wildman–Crippen MR) is 494 cm³/mol. The highest BCUT2D eigenvalue weighted by molar-refractivity contribution is 8.00. The first kappa shape index (κ1) is 105. The molecule has 0 spiro atoms. The van der Waals surface area contributed by atoms with Crippen LogP contribution >= 0.6 is 11.8 Å². The third kappa shape index (κ3) is 29.8. The number of likely N-dealkylation sites (N-methyl/N-ethyl adjacent to an activating group) is 4.